The van der Waals surface area contributed by atoms with Gasteiger partial charge in [0.2, 0.25) is 5.91 Å². The number of imidazole rings is 1. The molecule has 7 nitrogen and oxygen atoms in total. The van der Waals surface area contributed by atoms with Crippen LogP contribution in [0.2, 0.25) is 0 Å². The summed E-state index contributed by atoms with van der Waals surface area (Å²) in [7, 11) is 0. The SMILES string of the molecule is CCn1ccnc1CN1CCN(CCC(=O)N2CCOCC2)CC1. The summed E-state index contributed by atoms with van der Waals surface area (Å²) in [5.74, 6) is 1.42. The van der Waals surface area contributed by atoms with E-state index in [1.807, 2.05) is 17.3 Å². The average Bonchev–Trinajstić information content (AvgIpc) is 3.08. The second-order valence-electron chi connectivity index (χ2n) is 6.49. The molecule has 2 aliphatic heterocycles. The van der Waals surface area contributed by atoms with Crippen molar-refractivity contribution < 1.29 is 9.53 Å². The number of rotatable bonds is 6. The number of carbonyl (C=O) groups excluding carboxylic acids is 1. The smallest absolute Gasteiger partial charge is 0.224 e. The molecule has 2 saturated heterocycles. The Kier molecular flexibility index (Phi) is 6.23. The minimum absolute atomic E-state index is 0.269. The fraction of sp³-hybridized carbons (Fsp3) is 0.765. The quantitative estimate of drug-likeness (QED) is 0.747. The van der Waals surface area contributed by atoms with Crippen molar-refractivity contribution in [3.63, 3.8) is 0 Å². The molecule has 1 aromatic rings. The van der Waals surface area contributed by atoms with Crippen molar-refractivity contribution in [3.8, 4) is 0 Å². The van der Waals surface area contributed by atoms with Crippen molar-refractivity contribution in [2.24, 2.45) is 0 Å². The van der Waals surface area contributed by atoms with Gasteiger partial charge in [-0.1, -0.05) is 0 Å². The number of morpholine rings is 1. The Hall–Kier alpha value is -1.44. The Morgan fingerprint density at radius 3 is 2.54 bits per heavy atom. The predicted molar refractivity (Wildman–Crippen MR) is 91.6 cm³/mol. The van der Waals surface area contributed by atoms with Crippen LogP contribution in [-0.4, -0.2) is 89.2 Å². The summed E-state index contributed by atoms with van der Waals surface area (Å²) < 4.78 is 7.50. The Morgan fingerprint density at radius 2 is 1.83 bits per heavy atom. The summed E-state index contributed by atoms with van der Waals surface area (Å²) in [5.41, 5.74) is 0. The van der Waals surface area contributed by atoms with E-state index in [2.05, 4.69) is 26.3 Å². The van der Waals surface area contributed by atoms with Crippen LogP contribution in [-0.2, 0) is 22.6 Å². The molecule has 2 fully saturated rings. The molecule has 1 amide bonds. The van der Waals surface area contributed by atoms with Crippen molar-refractivity contribution in [1.82, 2.24) is 24.3 Å². The zero-order chi connectivity index (χ0) is 16.8. The number of hydrogen-bond acceptors (Lipinski definition) is 5. The molecule has 2 aliphatic rings. The van der Waals surface area contributed by atoms with Crippen LogP contribution < -0.4 is 0 Å². The van der Waals surface area contributed by atoms with Gasteiger partial charge in [-0.05, 0) is 6.92 Å². The lowest BCUT2D eigenvalue weighted by atomic mass is 10.2. The monoisotopic (exact) mass is 335 g/mol. The minimum Gasteiger partial charge on any atom is -0.378 e. The predicted octanol–water partition coefficient (Wildman–Crippen LogP) is 0.270. The van der Waals surface area contributed by atoms with Crippen molar-refractivity contribution in [3.05, 3.63) is 18.2 Å². The molecule has 3 rings (SSSR count). The Labute approximate surface area is 144 Å². The molecule has 0 N–H and O–H groups in total. The topological polar surface area (TPSA) is 53.8 Å². The highest BCUT2D eigenvalue weighted by molar-refractivity contribution is 5.76. The average molecular weight is 335 g/mol. The van der Waals surface area contributed by atoms with Gasteiger partial charge < -0.3 is 19.1 Å². The Balaban J connectivity index is 1.36. The molecule has 0 bridgehead atoms. The summed E-state index contributed by atoms with van der Waals surface area (Å²) in [6.45, 7) is 11.9. The first-order valence-corrected chi connectivity index (χ1v) is 9.06. The van der Waals surface area contributed by atoms with Gasteiger partial charge in [0, 0.05) is 71.2 Å². The summed E-state index contributed by atoms with van der Waals surface area (Å²) in [6, 6.07) is 0. The summed E-state index contributed by atoms with van der Waals surface area (Å²) >= 11 is 0. The van der Waals surface area contributed by atoms with Crippen molar-refractivity contribution in [1.29, 1.82) is 0 Å². The van der Waals surface area contributed by atoms with E-state index in [4.69, 9.17) is 4.74 Å². The van der Waals surface area contributed by atoms with E-state index in [0.717, 1.165) is 64.7 Å². The van der Waals surface area contributed by atoms with E-state index >= 15 is 0 Å². The normalized spacial score (nSPS) is 20.5. The summed E-state index contributed by atoms with van der Waals surface area (Å²) in [5, 5.41) is 0. The van der Waals surface area contributed by atoms with E-state index in [9.17, 15) is 4.79 Å². The molecule has 0 aliphatic carbocycles. The largest absolute Gasteiger partial charge is 0.378 e. The van der Waals surface area contributed by atoms with Crippen LogP contribution in [0.1, 0.15) is 19.2 Å². The molecule has 24 heavy (non-hydrogen) atoms. The van der Waals surface area contributed by atoms with Crippen LogP contribution in [0.25, 0.3) is 0 Å². The third-order valence-electron chi connectivity index (χ3n) is 4.98. The maximum absolute atomic E-state index is 12.2. The Bertz CT molecular complexity index is 519. The molecule has 3 heterocycles. The molecule has 0 saturated carbocycles. The first-order valence-electron chi connectivity index (χ1n) is 9.06. The van der Waals surface area contributed by atoms with E-state index < -0.39 is 0 Å². The maximum Gasteiger partial charge on any atom is 0.224 e. The van der Waals surface area contributed by atoms with Gasteiger partial charge in [0.05, 0.1) is 19.8 Å². The second kappa shape index (κ2) is 8.60. The van der Waals surface area contributed by atoms with Crippen LogP contribution in [0.4, 0.5) is 0 Å². The molecule has 134 valence electrons. The van der Waals surface area contributed by atoms with E-state index in [1.54, 1.807) is 0 Å². The summed E-state index contributed by atoms with van der Waals surface area (Å²) in [6.07, 6.45) is 4.55. The lowest BCUT2D eigenvalue weighted by Gasteiger charge is -2.35. The van der Waals surface area contributed by atoms with E-state index in [-0.39, 0.29) is 5.91 Å². The number of carbonyl (C=O) groups is 1. The molecular formula is C17H29N5O2. The zero-order valence-electron chi connectivity index (χ0n) is 14.7. The van der Waals surface area contributed by atoms with E-state index in [0.29, 0.717) is 19.6 Å². The molecule has 1 aromatic heterocycles. The fourth-order valence-corrected chi connectivity index (χ4v) is 3.38. The van der Waals surface area contributed by atoms with Gasteiger partial charge in [0.25, 0.3) is 0 Å². The standard InChI is InChI=1S/C17H29N5O2/c1-2-21-6-4-18-16(21)15-20-9-7-19(8-10-20)5-3-17(23)22-11-13-24-14-12-22/h4,6H,2-3,5,7-15H2,1H3. The third kappa shape index (κ3) is 4.55. The number of hydrogen-bond donors (Lipinski definition) is 0. The molecular weight excluding hydrogens is 306 g/mol. The molecule has 0 radical (unpaired) electrons. The van der Waals surface area contributed by atoms with Gasteiger partial charge in [-0.15, -0.1) is 0 Å². The summed E-state index contributed by atoms with van der Waals surface area (Å²) in [4.78, 5) is 23.5. The van der Waals surface area contributed by atoms with Crippen molar-refractivity contribution in [2.75, 3.05) is 59.0 Å². The number of ether oxygens (including phenoxy) is 1. The number of nitrogens with zero attached hydrogens (tertiary/aromatic N) is 5. The van der Waals surface area contributed by atoms with Crippen LogP contribution in [0, 0.1) is 0 Å². The lowest BCUT2D eigenvalue weighted by molar-refractivity contribution is -0.135. The highest BCUT2D eigenvalue weighted by Gasteiger charge is 2.21. The highest BCUT2D eigenvalue weighted by atomic mass is 16.5. The van der Waals surface area contributed by atoms with Gasteiger partial charge >= 0.3 is 0 Å². The van der Waals surface area contributed by atoms with E-state index in [1.165, 1.54) is 0 Å². The minimum atomic E-state index is 0.269. The number of aromatic nitrogens is 2. The Morgan fingerprint density at radius 1 is 1.12 bits per heavy atom. The van der Waals surface area contributed by atoms with Gasteiger partial charge in [-0.3, -0.25) is 9.69 Å². The molecule has 0 unspecified atom stereocenters. The van der Waals surface area contributed by atoms with Gasteiger partial charge in [0.1, 0.15) is 5.82 Å². The molecule has 7 heteroatoms. The van der Waals surface area contributed by atoms with Gasteiger partial charge in [-0.2, -0.15) is 0 Å². The molecule has 0 atom stereocenters. The number of aryl methyl sites for hydroxylation is 1. The highest BCUT2D eigenvalue weighted by Crippen LogP contribution is 2.09. The number of piperazine rings is 1. The van der Waals surface area contributed by atoms with Crippen molar-refractivity contribution in [2.45, 2.75) is 26.4 Å². The zero-order valence-corrected chi connectivity index (χ0v) is 14.7. The first-order chi connectivity index (χ1) is 11.8. The fourth-order valence-electron chi connectivity index (χ4n) is 3.38. The van der Waals surface area contributed by atoms with Crippen molar-refractivity contribution >= 4 is 5.91 Å². The number of amides is 1. The van der Waals surface area contributed by atoms with Gasteiger partial charge in [-0.25, -0.2) is 4.98 Å². The maximum atomic E-state index is 12.2. The van der Waals surface area contributed by atoms with Gasteiger partial charge in [0.15, 0.2) is 0 Å². The first kappa shape index (κ1) is 17.4. The third-order valence-corrected chi connectivity index (χ3v) is 4.98. The lowest BCUT2D eigenvalue weighted by Crippen LogP contribution is -2.47. The molecule has 0 spiro atoms. The second-order valence-corrected chi connectivity index (χ2v) is 6.49. The van der Waals surface area contributed by atoms with Crippen LogP contribution in [0.5, 0.6) is 0 Å². The van der Waals surface area contributed by atoms with Crippen LogP contribution in [0.15, 0.2) is 12.4 Å². The van der Waals surface area contributed by atoms with Crippen LogP contribution >= 0.6 is 0 Å². The van der Waals surface area contributed by atoms with Crippen LogP contribution in [0.3, 0.4) is 0 Å². The molecule has 0 aromatic carbocycles.